The molecule has 0 radical (unpaired) electrons. The number of alkyl halides is 1. The lowest BCUT2D eigenvalue weighted by atomic mass is 10.2. The molecule has 1 saturated heterocycles. The topological polar surface area (TPSA) is 26.7 Å². The molecule has 0 spiro atoms. The zero-order valence-corrected chi connectivity index (χ0v) is 11.5. The molecule has 0 aromatic rings. The minimum absolute atomic E-state index is 0.210. The highest BCUT2D eigenvalue weighted by molar-refractivity contribution is 9.09. The lowest BCUT2D eigenvalue weighted by molar-refractivity contribution is 0.0650. The third kappa shape index (κ3) is 3.42. The average Bonchev–Trinajstić information content (AvgIpc) is 2.83. The van der Waals surface area contributed by atoms with Crippen LogP contribution in [0.5, 0.6) is 0 Å². The van der Waals surface area contributed by atoms with Crippen LogP contribution in [0.2, 0.25) is 0 Å². The van der Waals surface area contributed by atoms with Gasteiger partial charge in [-0.15, -0.1) is 0 Å². The number of aliphatic hydroxyl groups excluding tert-OH is 1. The van der Waals surface area contributed by atoms with Crippen LogP contribution in [0.4, 0.5) is 0 Å². The average molecular weight is 291 g/mol. The van der Waals surface area contributed by atoms with Crippen molar-refractivity contribution in [3.63, 3.8) is 0 Å². The normalized spacial score (nSPS) is 27.4. The van der Waals surface area contributed by atoms with Crippen LogP contribution in [0, 0.1) is 0 Å². The van der Waals surface area contributed by atoms with E-state index in [2.05, 4.69) is 25.7 Å². The van der Waals surface area contributed by atoms with E-state index in [-0.39, 0.29) is 6.10 Å². The van der Waals surface area contributed by atoms with Gasteiger partial charge in [0.05, 0.1) is 6.10 Å². The van der Waals surface area contributed by atoms with E-state index in [1.165, 1.54) is 38.8 Å². The summed E-state index contributed by atoms with van der Waals surface area (Å²) in [5.41, 5.74) is 0. The second-order valence-electron chi connectivity index (χ2n) is 5.08. The molecular formula is C12H23BrN2O. The molecule has 2 aliphatic rings. The van der Waals surface area contributed by atoms with E-state index >= 15 is 0 Å². The van der Waals surface area contributed by atoms with Crippen LogP contribution in [-0.4, -0.2) is 65.1 Å². The number of nitrogens with zero attached hydrogens (tertiary/aromatic N) is 2. The quantitative estimate of drug-likeness (QED) is 0.791. The second-order valence-corrected chi connectivity index (χ2v) is 5.73. The number of hydrogen-bond donors (Lipinski definition) is 1. The first kappa shape index (κ1) is 12.8. The van der Waals surface area contributed by atoms with Crippen molar-refractivity contribution in [3.05, 3.63) is 0 Å². The summed E-state index contributed by atoms with van der Waals surface area (Å²) in [5.74, 6) is 0. The Morgan fingerprint density at radius 2 is 1.75 bits per heavy atom. The highest BCUT2D eigenvalue weighted by Crippen LogP contribution is 2.24. The molecule has 1 atom stereocenters. The molecule has 1 heterocycles. The Bertz CT molecular complexity index is 201. The summed E-state index contributed by atoms with van der Waals surface area (Å²) in [7, 11) is 0. The van der Waals surface area contributed by atoms with Crippen LogP contribution in [-0.2, 0) is 0 Å². The third-order valence-electron chi connectivity index (χ3n) is 3.90. The number of halogens is 1. The Balaban J connectivity index is 1.69. The Kier molecular flexibility index (Phi) is 5.07. The number of hydrogen-bond acceptors (Lipinski definition) is 3. The van der Waals surface area contributed by atoms with E-state index in [9.17, 15) is 5.11 Å². The first-order valence-corrected chi connectivity index (χ1v) is 7.62. The smallest absolute Gasteiger partial charge is 0.0763 e. The molecule has 2 rings (SSSR count). The van der Waals surface area contributed by atoms with Gasteiger partial charge in [-0.3, -0.25) is 9.80 Å². The van der Waals surface area contributed by atoms with E-state index < -0.39 is 0 Å². The highest BCUT2D eigenvalue weighted by Gasteiger charge is 2.26. The molecule has 0 amide bonds. The predicted molar refractivity (Wildman–Crippen MR) is 70.1 cm³/mol. The molecule has 0 aromatic carbocycles. The van der Waals surface area contributed by atoms with Gasteiger partial charge in [0, 0.05) is 44.1 Å². The summed E-state index contributed by atoms with van der Waals surface area (Å²) in [6.07, 6.45) is 5.45. The first-order chi connectivity index (χ1) is 7.79. The molecule has 2 fully saturated rings. The summed E-state index contributed by atoms with van der Waals surface area (Å²) in [4.78, 5) is 5.04. The van der Waals surface area contributed by atoms with Crippen molar-refractivity contribution in [1.82, 2.24) is 9.80 Å². The predicted octanol–water partition coefficient (Wildman–Crippen LogP) is 1.30. The van der Waals surface area contributed by atoms with Crippen molar-refractivity contribution in [3.8, 4) is 0 Å². The van der Waals surface area contributed by atoms with Gasteiger partial charge in [0.2, 0.25) is 0 Å². The lowest BCUT2D eigenvalue weighted by Gasteiger charge is -2.38. The molecule has 1 aliphatic carbocycles. The van der Waals surface area contributed by atoms with Crippen LogP contribution in [0.3, 0.4) is 0 Å². The first-order valence-electron chi connectivity index (χ1n) is 6.50. The minimum Gasteiger partial charge on any atom is -0.391 e. The SMILES string of the molecule is OC(CBr)CN1CCN(C2CCCC2)CC1. The van der Waals surface area contributed by atoms with Crippen molar-refractivity contribution < 1.29 is 5.11 Å². The van der Waals surface area contributed by atoms with Crippen molar-refractivity contribution >= 4 is 15.9 Å². The molecule has 94 valence electrons. The maximum atomic E-state index is 9.59. The van der Waals surface area contributed by atoms with Crippen molar-refractivity contribution in [2.24, 2.45) is 0 Å². The van der Waals surface area contributed by atoms with Crippen LogP contribution >= 0.6 is 15.9 Å². The fourth-order valence-electron chi connectivity index (χ4n) is 2.93. The van der Waals surface area contributed by atoms with Crippen molar-refractivity contribution in [1.29, 1.82) is 0 Å². The van der Waals surface area contributed by atoms with Crippen LogP contribution in [0.1, 0.15) is 25.7 Å². The van der Waals surface area contributed by atoms with E-state index in [1.54, 1.807) is 0 Å². The summed E-state index contributed by atoms with van der Waals surface area (Å²) < 4.78 is 0. The number of β-amino-alcohol motifs (C(OH)–C–C–N with tert-alkyl or cyclic N) is 1. The molecule has 0 bridgehead atoms. The second kappa shape index (κ2) is 6.34. The maximum Gasteiger partial charge on any atom is 0.0763 e. The molecule has 4 heteroatoms. The van der Waals surface area contributed by atoms with Gasteiger partial charge >= 0.3 is 0 Å². The number of aliphatic hydroxyl groups is 1. The molecule has 1 aliphatic heterocycles. The molecule has 0 aromatic heterocycles. The van der Waals surface area contributed by atoms with E-state index in [4.69, 9.17) is 0 Å². The molecule has 1 unspecified atom stereocenters. The minimum atomic E-state index is -0.210. The van der Waals surface area contributed by atoms with E-state index in [0.29, 0.717) is 5.33 Å². The Morgan fingerprint density at radius 1 is 1.12 bits per heavy atom. The number of piperazine rings is 1. The monoisotopic (exact) mass is 290 g/mol. The summed E-state index contributed by atoms with van der Waals surface area (Å²) in [6.45, 7) is 5.46. The van der Waals surface area contributed by atoms with Crippen LogP contribution < -0.4 is 0 Å². The molecule has 16 heavy (non-hydrogen) atoms. The van der Waals surface area contributed by atoms with Gasteiger partial charge in [0.1, 0.15) is 0 Å². The highest BCUT2D eigenvalue weighted by atomic mass is 79.9. The van der Waals surface area contributed by atoms with Gasteiger partial charge in [-0.2, -0.15) is 0 Å². The lowest BCUT2D eigenvalue weighted by Crippen LogP contribution is -2.51. The largest absolute Gasteiger partial charge is 0.391 e. The van der Waals surface area contributed by atoms with Gasteiger partial charge in [0.15, 0.2) is 0 Å². The molecule has 3 nitrogen and oxygen atoms in total. The molecule has 1 saturated carbocycles. The van der Waals surface area contributed by atoms with Gasteiger partial charge in [-0.1, -0.05) is 28.8 Å². The van der Waals surface area contributed by atoms with Crippen LogP contribution in [0.25, 0.3) is 0 Å². The maximum absolute atomic E-state index is 9.59. The standard InChI is InChI=1S/C12H23BrN2O/c13-9-12(16)10-14-5-7-15(8-6-14)11-3-1-2-4-11/h11-12,16H,1-10H2. The Morgan fingerprint density at radius 3 is 2.31 bits per heavy atom. The fraction of sp³-hybridized carbons (Fsp3) is 1.00. The van der Waals surface area contributed by atoms with Gasteiger partial charge < -0.3 is 5.11 Å². The van der Waals surface area contributed by atoms with Crippen molar-refractivity contribution in [2.45, 2.75) is 37.8 Å². The zero-order chi connectivity index (χ0) is 11.4. The third-order valence-corrected chi connectivity index (χ3v) is 4.64. The molecule has 1 N–H and O–H groups in total. The van der Waals surface area contributed by atoms with E-state index in [0.717, 1.165) is 25.7 Å². The number of rotatable bonds is 4. The van der Waals surface area contributed by atoms with Crippen molar-refractivity contribution in [2.75, 3.05) is 38.1 Å². The van der Waals surface area contributed by atoms with E-state index in [1.807, 2.05) is 0 Å². The van der Waals surface area contributed by atoms with Gasteiger partial charge in [0.25, 0.3) is 0 Å². The zero-order valence-electron chi connectivity index (χ0n) is 9.95. The van der Waals surface area contributed by atoms with Gasteiger partial charge in [-0.25, -0.2) is 0 Å². The van der Waals surface area contributed by atoms with Crippen LogP contribution in [0.15, 0.2) is 0 Å². The summed E-state index contributed by atoms with van der Waals surface area (Å²) >= 11 is 3.32. The Labute approximate surface area is 107 Å². The summed E-state index contributed by atoms with van der Waals surface area (Å²) in [6, 6.07) is 0.864. The molecular weight excluding hydrogens is 268 g/mol. The fourth-order valence-corrected chi connectivity index (χ4v) is 3.13. The summed E-state index contributed by atoms with van der Waals surface area (Å²) in [5, 5.41) is 10.3. The Hall–Kier alpha value is 0.360. The van der Waals surface area contributed by atoms with Gasteiger partial charge in [-0.05, 0) is 12.8 Å².